The Labute approximate surface area is 165 Å². The molecule has 2 aliphatic rings. The Morgan fingerprint density at radius 3 is 2.86 bits per heavy atom. The molecule has 3 heterocycles. The molecule has 4 rings (SSSR count). The van der Waals surface area contributed by atoms with Crippen LogP contribution in [0.5, 0.6) is 0 Å². The quantitative estimate of drug-likeness (QED) is 0.860. The molecule has 2 amide bonds. The van der Waals surface area contributed by atoms with Crippen LogP contribution in [0.15, 0.2) is 36.4 Å². The van der Waals surface area contributed by atoms with Gasteiger partial charge in [0.15, 0.2) is 0 Å². The molecule has 1 aromatic heterocycles. The molecule has 0 bridgehead atoms. The van der Waals surface area contributed by atoms with E-state index in [4.69, 9.17) is 4.98 Å². The summed E-state index contributed by atoms with van der Waals surface area (Å²) in [6.07, 6.45) is 3.01. The van der Waals surface area contributed by atoms with E-state index in [0.29, 0.717) is 38.9 Å². The number of hydrogen-bond acceptors (Lipinski definition) is 4. The SMILES string of the molecule is O=C1CCCCN1CCC(=O)N1C[C@@H](Cc2ccc3ccccc3n2)[C@H](O)C1. The molecule has 0 aliphatic carbocycles. The lowest BCUT2D eigenvalue weighted by Gasteiger charge is -2.27. The van der Waals surface area contributed by atoms with Crippen LogP contribution in [-0.4, -0.2) is 64.0 Å². The van der Waals surface area contributed by atoms with Crippen molar-refractivity contribution in [2.45, 2.75) is 38.2 Å². The van der Waals surface area contributed by atoms with Gasteiger partial charge >= 0.3 is 0 Å². The van der Waals surface area contributed by atoms with Crippen LogP contribution in [0.25, 0.3) is 10.9 Å². The maximum atomic E-state index is 12.6. The van der Waals surface area contributed by atoms with E-state index in [0.717, 1.165) is 36.0 Å². The summed E-state index contributed by atoms with van der Waals surface area (Å²) in [6.45, 7) is 2.15. The van der Waals surface area contributed by atoms with E-state index in [1.807, 2.05) is 30.3 Å². The lowest BCUT2D eigenvalue weighted by Crippen LogP contribution is -2.39. The van der Waals surface area contributed by atoms with Gasteiger partial charge in [-0.1, -0.05) is 24.3 Å². The zero-order valence-corrected chi connectivity index (χ0v) is 16.1. The summed E-state index contributed by atoms with van der Waals surface area (Å²) in [5.74, 6) is 0.168. The van der Waals surface area contributed by atoms with Crippen molar-refractivity contribution in [3.8, 4) is 0 Å². The molecule has 2 saturated heterocycles. The van der Waals surface area contributed by atoms with Crippen LogP contribution < -0.4 is 0 Å². The average molecular weight is 381 g/mol. The first-order valence-corrected chi connectivity index (χ1v) is 10.2. The molecule has 0 unspecified atom stereocenters. The number of rotatable bonds is 5. The van der Waals surface area contributed by atoms with Crippen molar-refractivity contribution in [1.82, 2.24) is 14.8 Å². The van der Waals surface area contributed by atoms with Crippen molar-refractivity contribution in [2.75, 3.05) is 26.2 Å². The molecule has 0 saturated carbocycles. The predicted octanol–water partition coefficient (Wildman–Crippen LogP) is 2.00. The van der Waals surface area contributed by atoms with E-state index in [2.05, 4.69) is 6.07 Å². The Hall–Kier alpha value is -2.47. The first-order valence-electron chi connectivity index (χ1n) is 10.2. The highest BCUT2D eigenvalue weighted by molar-refractivity contribution is 5.80. The van der Waals surface area contributed by atoms with E-state index in [1.165, 1.54) is 0 Å². The molecule has 1 aromatic carbocycles. The number of aromatic nitrogens is 1. The van der Waals surface area contributed by atoms with Gasteiger partial charge in [-0.15, -0.1) is 0 Å². The molecule has 0 spiro atoms. The van der Waals surface area contributed by atoms with Crippen LogP contribution in [0, 0.1) is 5.92 Å². The highest BCUT2D eigenvalue weighted by Gasteiger charge is 2.34. The Kier molecular flexibility index (Phi) is 5.57. The van der Waals surface area contributed by atoms with Crippen molar-refractivity contribution in [1.29, 1.82) is 0 Å². The number of β-amino-alcohol motifs (C(OH)–C–C–N with tert-alkyl or cyclic N) is 1. The minimum atomic E-state index is -0.533. The van der Waals surface area contributed by atoms with Gasteiger partial charge in [-0.05, 0) is 31.4 Å². The standard InChI is InChI=1S/C22H27N3O3/c26-20-15-25(22(28)10-12-24-11-4-3-7-21(24)27)14-17(20)13-18-9-8-16-5-1-2-6-19(16)23-18/h1-2,5-6,8-9,17,20,26H,3-4,7,10-15H2/t17-,20-/m1/s1. The van der Waals surface area contributed by atoms with Gasteiger partial charge in [-0.2, -0.15) is 0 Å². The van der Waals surface area contributed by atoms with Crippen LogP contribution in [0.1, 0.15) is 31.4 Å². The number of aliphatic hydroxyl groups is 1. The zero-order valence-electron chi connectivity index (χ0n) is 16.1. The second kappa shape index (κ2) is 8.27. The second-order valence-corrected chi connectivity index (χ2v) is 7.91. The molecule has 6 heteroatoms. The summed E-state index contributed by atoms with van der Waals surface area (Å²) in [5.41, 5.74) is 1.89. The van der Waals surface area contributed by atoms with E-state index >= 15 is 0 Å². The molecule has 1 N–H and O–H groups in total. The number of benzene rings is 1. The normalized spacial score (nSPS) is 22.8. The Morgan fingerprint density at radius 1 is 1.14 bits per heavy atom. The first kappa shape index (κ1) is 18.9. The van der Waals surface area contributed by atoms with Crippen LogP contribution in [0.3, 0.4) is 0 Å². The molecule has 2 fully saturated rings. The lowest BCUT2D eigenvalue weighted by molar-refractivity contribution is -0.135. The fourth-order valence-corrected chi connectivity index (χ4v) is 4.24. The van der Waals surface area contributed by atoms with Crippen LogP contribution in [0.2, 0.25) is 0 Å². The molecule has 0 radical (unpaired) electrons. The van der Waals surface area contributed by atoms with Crippen molar-refractivity contribution in [3.05, 3.63) is 42.1 Å². The van der Waals surface area contributed by atoms with Crippen LogP contribution >= 0.6 is 0 Å². The maximum absolute atomic E-state index is 12.6. The first-order chi connectivity index (χ1) is 13.6. The topological polar surface area (TPSA) is 73.7 Å². The smallest absolute Gasteiger partial charge is 0.224 e. The number of likely N-dealkylation sites (tertiary alicyclic amines) is 2. The van der Waals surface area contributed by atoms with Crippen molar-refractivity contribution in [3.63, 3.8) is 0 Å². The number of aliphatic hydroxyl groups excluding tert-OH is 1. The van der Waals surface area contributed by atoms with E-state index < -0.39 is 6.10 Å². The predicted molar refractivity (Wildman–Crippen MR) is 107 cm³/mol. The van der Waals surface area contributed by atoms with Gasteiger partial charge in [0.2, 0.25) is 11.8 Å². The highest BCUT2D eigenvalue weighted by atomic mass is 16.3. The average Bonchev–Trinajstić information content (AvgIpc) is 3.07. The van der Waals surface area contributed by atoms with E-state index in [1.54, 1.807) is 9.80 Å². The third-order valence-corrected chi connectivity index (χ3v) is 5.90. The third-order valence-electron chi connectivity index (χ3n) is 5.90. The van der Waals surface area contributed by atoms with Crippen LogP contribution in [-0.2, 0) is 16.0 Å². The van der Waals surface area contributed by atoms with Gasteiger partial charge < -0.3 is 14.9 Å². The van der Waals surface area contributed by atoms with Crippen molar-refractivity contribution >= 4 is 22.7 Å². The number of nitrogens with zero attached hydrogens (tertiary/aromatic N) is 3. The number of fused-ring (bicyclic) bond motifs is 1. The van der Waals surface area contributed by atoms with Gasteiger partial charge in [-0.3, -0.25) is 14.6 Å². The number of carbonyl (C=O) groups is 2. The summed E-state index contributed by atoms with van der Waals surface area (Å²) < 4.78 is 0. The Morgan fingerprint density at radius 2 is 2.00 bits per heavy atom. The van der Waals surface area contributed by atoms with E-state index in [-0.39, 0.29) is 17.7 Å². The molecular weight excluding hydrogens is 354 g/mol. The zero-order chi connectivity index (χ0) is 19.5. The molecule has 2 atom stereocenters. The molecule has 2 aliphatic heterocycles. The monoisotopic (exact) mass is 381 g/mol. The number of pyridine rings is 1. The molecule has 2 aromatic rings. The third kappa shape index (κ3) is 4.17. The largest absolute Gasteiger partial charge is 0.391 e. The summed E-state index contributed by atoms with van der Waals surface area (Å²) in [4.78, 5) is 32.7. The van der Waals surface area contributed by atoms with Gasteiger partial charge in [0.25, 0.3) is 0 Å². The van der Waals surface area contributed by atoms with Gasteiger partial charge in [0.05, 0.1) is 11.6 Å². The van der Waals surface area contributed by atoms with Crippen LogP contribution in [0.4, 0.5) is 0 Å². The number of amides is 2. The molecule has 28 heavy (non-hydrogen) atoms. The van der Waals surface area contributed by atoms with Gasteiger partial charge in [0.1, 0.15) is 0 Å². The highest BCUT2D eigenvalue weighted by Crippen LogP contribution is 2.23. The van der Waals surface area contributed by atoms with Gasteiger partial charge in [-0.25, -0.2) is 0 Å². The minimum Gasteiger partial charge on any atom is -0.391 e. The van der Waals surface area contributed by atoms with E-state index in [9.17, 15) is 14.7 Å². The summed E-state index contributed by atoms with van der Waals surface area (Å²) in [6, 6.07) is 12.0. The fraction of sp³-hybridized carbons (Fsp3) is 0.500. The Bertz CT molecular complexity index is 869. The number of piperidine rings is 1. The summed E-state index contributed by atoms with van der Waals surface area (Å²) in [7, 11) is 0. The molecule has 6 nitrogen and oxygen atoms in total. The fourth-order valence-electron chi connectivity index (χ4n) is 4.24. The van der Waals surface area contributed by atoms with Gasteiger partial charge in [0, 0.05) is 56.0 Å². The van der Waals surface area contributed by atoms with Crippen molar-refractivity contribution in [2.24, 2.45) is 5.92 Å². The second-order valence-electron chi connectivity index (χ2n) is 7.91. The number of hydrogen-bond donors (Lipinski definition) is 1. The molecular formula is C22H27N3O3. The lowest BCUT2D eigenvalue weighted by atomic mass is 9.99. The Balaban J connectivity index is 1.33. The summed E-state index contributed by atoms with van der Waals surface area (Å²) in [5, 5.41) is 11.6. The number of para-hydroxylation sites is 1. The van der Waals surface area contributed by atoms with Crippen molar-refractivity contribution < 1.29 is 14.7 Å². The minimum absolute atomic E-state index is 0.00534. The molecule has 148 valence electrons. The summed E-state index contributed by atoms with van der Waals surface area (Å²) >= 11 is 0. The number of carbonyl (C=O) groups excluding carboxylic acids is 2. The maximum Gasteiger partial charge on any atom is 0.224 e.